The van der Waals surface area contributed by atoms with Crippen molar-refractivity contribution < 1.29 is 22.4 Å². The fraction of sp³-hybridized carbons (Fsp3) is 0.333. The fourth-order valence-electron chi connectivity index (χ4n) is 3.68. The van der Waals surface area contributed by atoms with Gasteiger partial charge in [0.15, 0.2) is 15.6 Å². The third-order valence-electron chi connectivity index (χ3n) is 5.16. The van der Waals surface area contributed by atoms with Crippen LogP contribution in [0.1, 0.15) is 33.7 Å². The normalized spacial score (nSPS) is 11.5. The summed E-state index contributed by atoms with van der Waals surface area (Å²) in [7, 11) is -2.12. The van der Waals surface area contributed by atoms with E-state index in [0.29, 0.717) is 28.7 Å². The molecule has 0 saturated carbocycles. The average molecular weight is 442 g/mol. The number of rotatable bonds is 8. The Morgan fingerprint density at radius 3 is 2.39 bits per heavy atom. The Morgan fingerprint density at radius 2 is 1.74 bits per heavy atom. The van der Waals surface area contributed by atoms with Gasteiger partial charge in [0.25, 0.3) is 0 Å². The van der Waals surface area contributed by atoms with E-state index < -0.39 is 15.6 Å². The smallest absolute Gasteiger partial charge is 0.226 e. The lowest BCUT2D eigenvalue weighted by Gasteiger charge is -2.11. The second-order valence-electron chi connectivity index (χ2n) is 7.88. The predicted octanol–water partition coefficient (Wildman–Crippen LogP) is 4.31. The van der Waals surface area contributed by atoms with E-state index in [2.05, 4.69) is 4.98 Å². The number of Topliss-reactive ketones (excluding diaryl/α,β-unsaturated/α-hetero) is 1. The summed E-state index contributed by atoms with van der Waals surface area (Å²) in [5.41, 5.74) is 5.01. The van der Waals surface area contributed by atoms with Crippen molar-refractivity contribution >= 4 is 15.6 Å². The summed E-state index contributed by atoms with van der Waals surface area (Å²) in [6, 6.07) is 11.2. The number of hydrogen-bond donors (Lipinski definition) is 0. The van der Waals surface area contributed by atoms with E-state index >= 15 is 0 Å². The highest BCUT2D eigenvalue weighted by Crippen LogP contribution is 2.26. The molecule has 0 saturated heterocycles. The zero-order valence-corrected chi connectivity index (χ0v) is 19.3. The quantitative estimate of drug-likeness (QED) is 0.518. The number of nitrogens with zero attached hydrogens (tertiary/aromatic N) is 1. The minimum Gasteiger partial charge on any atom is -0.497 e. The Balaban J connectivity index is 1.74. The Morgan fingerprint density at radius 1 is 1.06 bits per heavy atom. The first-order chi connectivity index (χ1) is 14.6. The molecule has 0 bridgehead atoms. The number of benzene rings is 2. The first-order valence-corrected chi connectivity index (χ1v) is 11.8. The van der Waals surface area contributed by atoms with Gasteiger partial charge in [-0.25, -0.2) is 13.4 Å². The molecule has 0 amide bonds. The topological polar surface area (TPSA) is 86.5 Å². The predicted molar refractivity (Wildman–Crippen MR) is 120 cm³/mol. The van der Waals surface area contributed by atoms with Gasteiger partial charge in [-0.05, 0) is 62.6 Å². The van der Waals surface area contributed by atoms with E-state index in [4.69, 9.17) is 9.15 Å². The van der Waals surface area contributed by atoms with Crippen LogP contribution in [0.4, 0.5) is 0 Å². The van der Waals surface area contributed by atoms with Gasteiger partial charge >= 0.3 is 0 Å². The number of oxazole rings is 1. The highest BCUT2D eigenvalue weighted by molar-refractivity contribution is 7.91. The van der Waals surface area contributed by atoms with Crippen LogP contribution >= 0.6 is 0 Å². The monoisotopic (exact) mass is 441 g/mol. The second-order valence-corrected chi connectivity index (χ2v) is 9.94. The second kappa shape index (κ2) is 9.06. The van der Waals surface area contributed by atoms with Crippen molar-refractivity contribution in [2.45, 2.75) is 39.9 Å². The molecule has 0 atom stereocenters. The number of carbonyl (C=O) groups excluding carboxylic acids is 1. The van der Waals surface area contributed by atoms with E-state index in [-0.39, 0.29) is 18.0 Å². The summed E-state index contributed by atoms with van der Waals surface area (Å²) < 4.78 is 36.3. The SMILES string of the molecule is COc1cccc(-c2nc(CS(=O)(=O)CC(=O)Cc3c(C)cc(C)cc3C)c(C)o2)c1. The number of aromatic nitrogens is 1. The van der Waals surface area contributed by atoms with E-state index in [1.165, 1.54) is 0 Å². The van der Waals surface area contributed by atoms with Gasteiger partial charge in [-0.3, -0.25) is 4.79 Å². The Labute approximate surface area is 183 Å². The van der Waals surface area contributed by atoms with Crippen LogP contribution in [-0.2, 0) is 26.8 Å². The number of sulfone groups is 1. The maximum absolute atomic E-state index is 12.7. The molecule has 6 nitrogen and oxygen atoms in total. The van der Waals surface area contributed by atoms with Gasteiger partial charge in [0.05, 0.1) is 18.6 Å². The lowest BCUT2D eigenvalue weighted by atomic mass is 9.96. The van der Waals surface area contributed by atoms with Gasteiger partial charge in [0, 0.05) is 12.0 Å². The van der Waals surface area contributed by atoms with Crippen molar-refractivity contribution in [3.63, 3.8) is 0 Å². The highest BCUT2D eigenvalue weighted by atomic mass is 32.2. The molecule has 1 aromatic heterocycles. The average Bonchev–Trinajstić information content (AvgIpc) is 3.04. The Bertz CT molecular complexity index is 1200. The number of ether oxygens (including phenoxy) is 1. The number of aryl methyl sites for hydroxylation is 4. The van der Waals surface area contributed by atoms with Gasteiger partial charge in [-0.2, -0.15) is 0 Å². The summed E-state index contributed by atoms with van der Waals surface area (Å²) in [5, 5.41) is 0. The Kier molecular flexibility index (Phi) is 6.65. The van der Waals surface area contributed by atoms with Gasteiger partial charge in [0.2, 0.25) is 5.89 Å². The van der Waals surface area contributed by atoms with Crippen LogP contribution in [0.5, 0.6) is 5.75 Å². The van der Waals surface area contributed by atoms with E-state index in [1.54, 1.807) is 32.2 Å². The molecule has 0 fully saturated rings. The van der Waals surface area contributed by atoms with Crippen LogP contribution in [0.2, 0.25) is 0 Å². The maximum atomic E-state index is 12.7. The van der Waals surface area contributed by atoms with Crippen LogP contribution < -0.4 is 4.74 Å². The van der Waals surface area contributed by atoms with Crippen molar-refractivity contribution in [1.29, 1.82) is 0 Å². The fourth-order valence-corrected chi connectivity index (χ4v) is 5.06. The molecule has 0 radical (unpaired) electrons. The van der Waals surface area contributed by atoms with Crippen LogP contribution in [0.3, 0.4) is 0 Å². The van der Waals surface area contributed by atoms with Crippen molar-refractivity contribution in [2.75, 3.05) is 12.9 Å². The molecule has 2 aromatic carbocycles. The molecule has 31 heavy (non-hydrogen) atoms. The van der Waals surface area contributed by atoms with Gasteiger partial charge in [-0.15, -0.1) is 0 Å². The van der Waals surface area contributed by atoms with E-state index in [9.17, 15) is 13.2 Å². The molecule has 3 rings (SSSR count). The van der Waals surface area contributed by atoms with Gasteiger partial charge in [0.1, 0.15) is 17.3 Å². The van der Waals surface area contributed by atoms with Crippen molar-refractivity contribution in [3.8, 4) is 17.2 Å². The molecular weight excluding hydrogens is 414 g/mol. The lowest BCUT2D eigenvalue weighted by Crippen LogP contribution is -2.20. The largest absolute Gasteiger partial charge is 0.497 e. The number of carbonyl (C=O) groups is 1. The third kappa shape index (κ3) is 5.61. The summed E-state index contributed by atoms with van der Waals surface area (Å²) in [5.74, 6) is 0.182. The minimum atomic E-state index is -3.69. The van der Waals surface area contributed by atoms with Crippen LogP contribution in [0.15, 0.2) is 40.8 Å². The molecule has 164 valence electrons. The molecule has 3 aromatic rings. The highest BCUT2D eigenvalue weighted by Gasteiger charge is 2.23. The molecule has 1 heterocycles. The molecule has 0 spiro atoms. The van der Waals surface area contributed by atoms with E-state index in [0.717, 1.165) is 22.3 Å². The van der Waals surface area contributed by atoms with Crippen molar-refractivity contribution in [2.24, 2.45) is 0 Å². The molecule has 7 heteroatoms. The zero-order valence-electron chi connectivity index (χ0n) is 18.5. The molecular formula is C24H27NO5S. The van der Waals surface area contributed by atoms with Crippen LogP contribution in [0.25, 0.3) is 11.5 Å². The first-order valence-electron chi connectivity index (χ1n) is 9.97. The summed E-state index contributed by atoms with van der Waals surface area (Å²) in [6.45, 7) is 7.55. The minimum absolute atomic E-state index is 0.101. The third-order valence-corrected chi connectivity index (χ3v) is 6.64. The van der Waals surface area contributed by atoms with Crippen molar-refractivity contribution in [1.82, 2.24) is 4.98 Å². The standard InChI is InChI=1S/C24H27NO5S/c1-15-9-16(2)22(17(3)10-15)12-20(26)13-31(27,28)14-23-18(4)30-24(25-23)19-7-6-8-21(11-19)29-5/h6-11H,12-14H2,1-5H3. The number of ketones is 1. The number of hydrogen-bond acceptors (Lipinski definition) is 6. The molecule has 0 N–H and O–H groups in total. The summed E-state index contributed by atoms with van der Waals surface area (Å²) in [6.07, 6.45) is 0.101. The van der Waals surface area contributed by atoms with Crippen LogP contribution in [-0.4, -0.2) is 32.0 Å². The maximum Gasteiger partial charge on any atom is 0.226 e. The Hall–Kier alpha value is -2.93. The lowest BCUT2D eigenvalue weighted by molar-refractivity contribution is -0.116. The van der Waals surface area contributed by atoms with Gasteiger partial charge < -0.3 is 9.15 Å². The molecule has 0 aliphatic carbocycles. The summed E-state index contributed by atoms with van der Waals surface area (Å²) >= 11 is 0. The molecule has 0 aliphatic heterocycles. The first kappa shape index (κ1) is 22.7. The van der Waals surface area contributed by atoms with E-state index in [1.807, 2.05) is 39.0 Å². The van der Waals surface area contributed by atoms with Gasteiger partial charge in [-0.1, -0.05) is 23.8 Å². The number of methoxy groups -OCH3 is 1. The van der Waals surface area contributed by atoms with Crippen LogP contribution in [0, 0.1) is 27.7 Å². The molecule has 0 aliphatic rings. The summed E-state index contributed by atoms with van der Waals surface area (Å²) in [4.78, 5) is 16.9. The van der Waals surface area contributed by atoms with Crippen molar-refractivity contribution in [3.05, 3.63) is 70.1 Å². The zero-order chi connectivity index (χ0) is 22.8. The molecule has 0 unspecified atom stereocenters.